The van der Waals surface area contributed by atoms with Crippen molar-refractivity contribution in [2.24, 2.45) is 5.41 Å². The lowest BCUT2D eigenvalue weighted by atomic mass is 10.0. The summed E-state index contributed by atoms with van der Waals surface area (Å²) in [5, 5.41) is 6.46. The van der Waals surface area contributed by atoms with E-state index in [1.165, 1.54) is 12.8 Å². The van der Waals surface area contributed by atoms with Crippen LogP contribution in [0.25, 0.3) is 0 Å². The molecule has 2 aromatic rings. The fraction of sp³-hybridized carbons (Fsp3) is 0.613. The second kappa shape index (κ2) is 11.1. The summed E-state index contributed by atoms with van der Waals surface area (Å²) in [6, 6.07) is 5.84. The monoisotopic (exact) mass is 562 g/mol. The summed E-state index contributed by atoms with van der Waals surface area (Å²) in [4.78, 5) is 40.0. The van der Waals surface area contributed by atoms with Gasteiger partial charge in [-0.15, -0.1) is 0 Å². The highest BCUT2D eigenvalue weighted by atomic mass is 16.5. The van der Waals surface area contributed by atoms with Crippen LogP contribution in [0.5, 0.6) is 5.75 Å². The third-order valence-corrected chi connectivity index (χ3v) is 9.13. The molecule has 3 aliphatic carbocycles. The van der Waals surface area contributed by atoms with Gasteiger partial charge in [0.25, 0.3) is 5.91 Å². The summed E-state index contributed by atoms with van der Waals surface area (Å²) in [6.07, 6.45) is 11.3. The van der Waals surface area contributed by atoms with Gasteiger partial charge in [-0.25, -0.2) is 4.98 Å². The highest BCUT2D eigenvalue weighted by Crippen LogP contribution is 2.52. The maximum atomic E-state index is 13.3. The molecule has 0 bridgehead atoms. The minimum absolute atomic E-state index is 0.102. The van der Waals surface area contributed by atoms with Gasteiger partial charge in [-0.2, -0.15) is 4.98 Å². The van der Waals surface area contributed by atoms with Crippen LogP contribution in [0.15, 0.2) is 24.4 Å². The summed E-state index contributed by atoms with van der Waals surface area (Å²) in [5.74, 6) is 1.80. The molecular weight excluding hydrogens is 520 g/mol. The third kappa shape index (κ3) is 5.58. The van der Waals surface area contributed by atoms with Gasteiger partial charge in [-0.1, -0.05) is 12.8 Å². The summed E-state index contributed by atoms with van der Waals surface area (Å²) in [6.45, 7) is 4.79. The number of aromatic nitrogens is 2. The molecule has 0 radical (unpaired) electrons. The predicted molar refractivity (Wildman–Crippen MR) is 158 cm³/mol. The minimum atomic E-state index is -0.299. The molecule has 10 nitrogen and oxygen atoms in total. The second-order valence-corrected chi connectivity index (χ2v) is 12.4. The van der Waals surface area contributed by atoms with Crippen LogP contribution < -0.4 is 25.2 Å². The number of carbonyl (C=O) groups excluding carboxylic acids is 2. The molecule has 41 heavy (non-hydrogen) atoms. The Bertz CT molecular complexity index is 1310. The largest absolute Gasteiger partial charge is 0.495 e. The Morgan fingerprint density at radius 3 is 2.63 bits per heavy atom. The van der Waals surface area contributed by atoms with Gasteiger partial charge >= 0.3 is 0 Å². The lowest BCUT2D eigenvalue weighted by molar-refractivity contribution is -0.122. The maximum Gasteiger partial charge on any atom is 0.251 e. The molecule has 0 saturated heterocycles. The van der Waals surface area contributed by atoms with E-state index in [2.05, 4.69) is 20.5 Å². The predicted octanol–water partition coefficient (Wildman–Crippen LogP) is 4.81. The highest BCUT2D eigenvalue weighted by molar-refractivity contribution is 6.03. The van der Waals surface area contributed by atoms with Crippen LogP contribution in [0.2, 0.25) is 0 Å². The quantitative estimate of drug-likeness (QED) is 0.472. The number of benzene rings is 1. The van der Waals surface area contributed by atoms with Gasteiger partial charge in [0.1, 0.15) is 11.4 Å². The van der Waals surface area contributed by atoms with Crippen LogP contribution in [0, 0.1) is 5.41 Å². The van der Waals surface area contributed by atoms with Crippen LogP contribution in [-0.4, -0.2) is 66.8 Å². The normalized spacial score (nSPS) is 23.6. The van der Waals surface area contributed by atoms with E-state index in [9.17, 15) is 9.59 Å². The first-order chi connectivity index (χ1) is 19.8. The van der Waals surface area contributed by atoms with E-state index < -0.39 is 0 Å². The number of rotatable bonds is 8. The summed E-state index contributed by atoms with van der Waals surface area (Å²) in [7, 11) is 3.42. The molecule has 6 rings (SSSR count). The molecule has 3 fully saturated rings. The van der Waals surface area contributed by atoms with Crippen molar-refractivity contribution in [1.29, 1.82) is 0 Å². The topological polar surface area (TPSA) is 109 Å². The van der Waals surface area contributed by atoms with Crippen molar-refractivity contribution >= 4 is 35.0 Å². The number of hydrogen-bond donors (Lipinski definition) is 2. The Hall–Kier alpha value is -3.40. The Morgan fingerprint density at radius 1 is 1.15 bits per heavy atom. The molecule has 2 amide bonds. The molecule has 220 valence electrons. The fourth-order valence-electron chi connectivity index (χ4n) is 6.75. The number of nitrogens with zero attached hydrogens (tertiary/aromatic N) is 4. The third-order valence-electron chi connectivity index (χ3n) is 9.13. The Kier molecular flexibility index (Phi) is 7.52. The van der Waals surface area contributed by atoms with Gasteiger partial charge in [0.05, 0.1) is 36.6 Å². The van der Waals surface area contributed by atoms with Gasteiger partial charge in [-0.05, 0) is 77.0 Å². The van der Waals surface area contributed by atoms with Crippen molar-refractivity contribution in [2.45, 2.75) is 95.9 Å². The number of ether oxygens (including phenoxy) is 2. The number of fused-ring (bicyclic) bond motifs is 1. The van der Waals surface area contributed by atoms with Crippen molar-refractivity contribution in [2.75, 3.05) is 35.8 Å². The molecule has 4 aliphatic rings. The first kappa shape index (κ1) is 27.8. The van der Waals surface area contributed by atoms with Gasteiger partial charge in [0.2, 0.25) is 11.9 Å². The van der Waals surface area contributed by atoms with Crippen LogP contribution in [0.3, 0.4) is 0 Å². The molecular formula is C31H42N6O4. The van der Waals surface area contributed by atoms with Crippen molar-refractivity contribution in [3.05, 3.63) is 30.0 Å². The number of amides is 2. The van der Waals surface area contributed by atoms with Crippen LogP contribution in [0.4, 0.5) is 23.1 Å². The zero-order valence-corrected chi connectivity index (χ0v) is 24.6. The average molecular weight is 563 g/mol. The minimum Gasteiger partial charge on any atom is -0.495 e. The lowest BCUT2D eigenvalue weighted by Crippen LogP contribution is -2.41. The van der Waals surface area contributed by atoms with Gasteiger partial charge < -0.3 is 29.9 Å². The van der Waals surface area contributed by atoms with Crippen LogP contribution in [0.1, 0.15) is 82.0 Å². The first-order valence-electron chi connectivity index (χ1n) is 15.1. The maximum absolute atomic E-state index is 13.3. The van der Waals surface area contributed by atoms with Gasteiger partial charge in [-0.3, -0.25) is 9.59 Å². The van der Waals surface area contributed by atoms with Gasteiger partial charge in [0.15, 0.2) is 5.82 Å². The standard InChI is InChI=1S/C31H42N6O4/c1-19(2)41-23-11-10-21(16-23)33-28(38)20-9-12-24(26(15-20)40-4)34-30-32-17-25-27(35-30)37(22-7-5-6-8-22)18-31(13-14-31)29(39)36(25)3/h9,12,15,17,19,21-23H,5-8,10-11,13-14,16,18H2,1-4H3,(H,33,38)(H,32,34,35)/t21-,23?/m1/s1. The molecule has 1 aromatic carbocycles. The fourth-order valence-corrected chi connectivity index (χ4v) is 6.75. The molecule has 1 aromatic heterocycles. The summed E-state index contributed by atoms with van der Waals surface area (Å²) < 4.78 is 11.6. The molecule has 1 unspecified atom stereocenters. The van der Waals surface area contributed by atoms with Crippen molar-refractivity contribution < 1.29 is 19.1 Å². The number of methoxy groups -OCH3 is 1. The van der Waals surface area contributed by atoms with Crippen LogP contribution in [-0.2, 0) is 9.53 Å². The zero-order valence-electron chi connectivity index (χ0n) is 24.6. The second-order valence-electron chi connectivity index (χ2n) is 12.4. The smallest absolute Gasteiger partial charge is 0.251 e. The number of hydrogen-bond acceptors (Lipinski definition) is 8. The van der Waals surface area contributed by atoms with Crippen LogP contribution >= 0.6 is 0 Å². The Morgan fingerprint density at radius 2 is 1.93 bits per heavy atom. The number of anilines is 4. The molecule has 10 heteroatoms. The molecule has 3 saturated carbocycles. The summed E-state index contributed by atoms with van der Waals surface area (Å²) in [5.41, 5.74) is 1.65. The van der Waals surface area contributed by atoms with E-state index in [1.807, 2.05) is 27.0 Å². The molecule has 2 atom stereocenters. The highest BCUT2D eigenvalue weighted by Gasteiger charge is 2.55. The zero-order chi connectivity index (χ0) is 28.7. The summed E-state index contributed by atoms with van der Waals surface area (Å²) >= 11 is 0. The number of nitrogens with one attached hydrogen (secondary N) is 2. The van der Waals surface area contributed by atoms with E-state index in [0.29, 0.717) is 35.5 Å². The van der Waals surface area contributed by atoms with E-state index in [0.717, 1.165) is 56.5 Å². The van der Waals surface area contributed by atoms with E-state index in [4.69, 9.17) is 14.5 Å². The average Bonchev–Trinajstić information content (AvgIpc) is 3.33. The molecule has 1 spiro atoms. The van der Waals surface area contributed by atoms with E-state index in [1.54, 1.807) is 30.3 Å². The van der Waals surface area contributed by atoms with Crippen molar-refractivity contribution in [3.8, 4) is 5.75 Å². The Balaban J connectivity index is 1.20. The Labute approximate surface area is 242 Å². The van der Waals surface area contributed by atoms with E-state index in [-0.39, 0.29) is 35.5 Å². The SMILES string of the molecule is COc1cc(C(=O)N[C@@H]2CCC(OC(C)C)C2)ccc1Nc1ncc2c(n1)N(C1CCCC1)CC1(CC1)C(=O)N2C. The molecule has 2 N–H and O–H groups in total. The first-order valence-corrected chi connectivity index (χ1v) is 15.1. The van der Waals surface area contributed by atoms with Crippen molar-refractivity contribution in [3.63, 3.8) is 0 Å². The molecule has 2 heterocycles. The molecule has 1 aliphatic heterocycles. The number of carbonyl (C=O) groups is 2. The van der Waals surface area contributed by atoms with Gasteiger partial charge in [0, 0.05) is 31.2 Å². The lowest BCUT2D eigenvalue weighted by Gasteiger charge is -2.31. The van der Waals surface area contributed by atoms with E-state index >= 15 is 0 Å². The van der Waals surface area contributed by atoms with Crippen molar-refractivity contribution in [1.82, 2.24) is 15.3 Å².